The number of imide groups is 1. The van der Waals surface area contributed by atoms with Gasteiger partial charge in [-0.25, -0.2) is 9.58 Å². The zero-order chi connectivity index (χ0) is 25.2. The quantitative estimate of drug-likeness (QED) is 0.367. The van der Waals surface area contributed by atoms with E-state index in [0.717, 1.165) is 16.2 Å². The average Bonchev–Trinajstić information content (AvgIpc) is 3.47. The van der Waals surface area contributed by atoms with Crippen LogP contribution in [0.25, 0.3) is 5.69 Å². The normalized spacial score (nSPS) is 12.6. The highest BCUT2D eigenvalue weighted by Gasteiger charge is 2.37. The molecule has 0 aliphatic carbocycles. The van der Waals surface area contributed by atoms with Crippen LogP contribution >= 0.6 is 0 Å². The van der Waals surface area contributed by atoms with Crippen molar-refractivity contribution in [1.82, 2.24) is 14.7 Å². The van der Waals surface area contributed by atoms with Gasteiger partial charge in [0.15, 0.2) is 0 Å². The number of hydrogen-bond acceptors (Lipinski definition) is 5. The van der Waals surface area contributed by atoms with E-state index >= 15 is 0 Å². The molecular formula is C28H24N4O4. The summed E-state index contributed by atoms with van der Waals surface area (Å²) in [6.45, 7) is 2.74. The number of amides is 3. The Bertz CT molecular complexity index is 1440. The summed E-state index contributed by atoms with van der Waals surface area (Å²) in [6, 6.07) is 21.1. The second-order valence-electron chi connectivity index (χ2n) is 8.42. The Hall–Kier alpha value is -4.72. The molecule has 4 aromatic rings. The Balaban J connectivity index is 1.32. The van der Waals surface area contributed by atoms with Crippen molar-refractivity contribution < 1.29 is 19.1 Å². The molecule has 0 atom stereocenters. The van der Waals surface area contributed by atoms with Crippen molar-refractivity contribution >= 4 is 23.4 Å². The minimum absolute atomic E-state index is 0.213. The highest BCUT2D eigenvalue weighted by Crippen LogP contribution is 2.30. The van der Waals surface area contributed by atoms with Gasteiger partial charge in [-0.15, -0.1) is 0 Å². The lowest BCUT2D eigenvalue weighted by atomic mass is 10.0. The molecule has 2 heterocycles. The van der Waals surface area contributed by atoms with E-state index in [4.69, 9.17) is 4.74 Å². The SMILES string of the molecule is CCOc1ccc(N2C(=O)c3ccc(C(=O)N(C)Cc4cnn(-c5ccccc5)c4)cc3C2=O)cc1. The van der Waals surface area contributed by atoms with Crippen LogP contribution in [0.4, 0.5) is 5.69 Å². The van der Waals surface area contributed by atoms with E-state index in [1.165, 1.54) is 6.07 Å². The fraction of sp³-hybridized carbons (Fsp3) is 0.143. The standard InChI is InChI=1S/C28H24N4O4/c1-3-36-23-12-10-22(11-13-23)32-27(34)24-14-9-20(15-25(24)28(32)35)26(33)30(2)17-19-16-29-31(18-19)21-7-5-4-6-8-21/h4-16,18H,3,17H2,1-2H3. The number of carbonyl (C=O) groups is 3. The van der Waals surface area contributed by atoms with Crippen molar-refractivity contribution in [1.29, 1.82) is 0 Å². The zero-order valence-corrected chi connectivity index (χ0v) is 19.9. The third kappa shape index (κ3) is 4.24. The average molecular weight is 481 g/mol. The van der Waals surface area contributed by atoms with Gasteiger partial charge in [-0.1, -0.05) is 18.2 Å². The first-order valence-corrected chi connectivity index (χ1v) is 11.6. The molecule has 8 heteroatoms. The van der Waals surface area contributed by atoms with Gasteiger partial charge in [-0.2, -0.15) is 5.10 Å². The highest BCUT2D eigenvalue weighted by atomic mass is 16.5. The maximum atomic E-state index is 13.1. The lowest BCUT2D eigenvalue weighted by molar-refractivity contribution is 0.0784. The van der Waals surface area contributed by atoms with Crippen LogP contribution in [0.3, 0.4) is 0 Å². The van der Waals surface area contributed by atoms with Gasteiger partial charge in [0, 0.05) is 30.9 Å². The first-order chi connectivity index (χ1) is 17.5. The lowest BCUT2D eigenvalue weighted by Crippen LogP contribution is -2.29. The summed E-state index contributed by atoms with van der Waals surface area (Å²) in [5.74, 6) is -0.478. The van der Waals surface area contributed by atoms with Gasteiger partial charge in [-0.3, -0.25) is 14.4 Å². The number of rotatable bonds is 7. The minimum atomic E-state index is -0.458. The van der Waals surface area contributed by atoms with E-state index in [1.54, 1.807) is 59.2 Å². The third-order valence-electron chi connectivity index (χ3n) is 5.96. The van der Waals surface area contributed by atoms with Gasteiger partial charge in [0.2, 0.25) is 0 Å². The summed E-state index contributed by atoms with van der Waals surface area (Å²) in [5.41, 5.74) is 3.06. The maximum absolute atomic E-state index is 13.1. The number of benzene rings is 3. The Morgan fingerprint density at radius 3 is 2.36 bits per heavy atom. The lowest BCUT2D eigenvalue weighted by Gasteiger charge is -2.16. The number of fused-ring (bicyclic) bond motifs is 1. The van der Waals surface area contributed by atoms with Crippen molar-refractivity contribution in [3.8, 4) is 11.4 Å². The predicted molar refractivity (Wildman–Crippen MR) is 135 cm³/mol. The molecule has 0 unspecified atom stereocenters. The van der Waals surface area contributed by atoms with Crippen molar-refractivity contribution in [3.05, 3.63) is 107 Å². The van der Waals surface area contributed by atoms with Gasteiger partial charge in [0.25, 0.3) is 17.7 Å². The predicted octanol–water partition coefficient (Wildman–Crippen LogP) is 4.34. The van der Waals surface area contributed by atoms with E-state index in [-0.39, 0.29) is 17.0 Å². The highest BCUT2D eigenvalue weighted by molar-refractivity contribution is 6.34. The van der Waals surface area contributed by atoms with Gasteiger partial charge in [0.1, 0.15) is 5.75 Å². The number of carbonyl (C=O) groups excluding carboxylic acids is 3. The molecule has 1 aliphatic rings. The molecule has 0 fully saturated rings. The second kappa shape index (κ2) is 9.50. The summed E-state index contributed by atoms with van der Waals surface area (Å²) in [7, 11) is 1.69. The molecule has 36 heavy (non-hydrogen) atoms. The van der Waals surface area contributed by atoms with Gasteiger partial charge >= 0.3 is 0 Å². The van der Waals surface area contributed by atoms with Crippen molar-refractivity contribution in [2.45, 2.75) is 13.5 Å². The number of nitrogens with zero attached hydrogens (tertiary/aromatic N) is 4. The molecule has 0 radical (unpaired) electrons. The number of hydrogen-bond donors (Lipinski definition) is 0. The fourth-order valence-corrected chi connectivity index (χ4v) is 4.20. The molecule has 0 N–H and O–H groups in total. The first-order valence-electron chi connectivity index (χ1n) is 11.6. The Labute approximate surface area is 208 Å². The molecular weight excluding hydrogens is 456 g/mol. The molecule has 3 aromatic carbocycles. The first kappa shape index (κ1) is 23.0. The Kier molecular flexibility index (Phi) is 6.08. The van der Waals surface area contributed by atoms with Crippen LogP contribution in [-0.4, -0.2) is 46.1 Å². The minimum Gasteiger partial charge on any atom is -0.494 e. The monoisotopic (exact) mass is 480 g/mol. The molecule has 3 amide bonds. The van der Waals surface area contributed by atoms with E-state index in [2.05, 4.69) is 5.10 Å². The molecule has 1 aliphatic heterocycles. The topological polar surface area (TPSA) is 84.7 Å². The van der Waals surface area contributed by atoms with E-state index in [1.807, 2.05) is 43.5 Å². The van der Waals surface area contributed by atoms with Crippen molar-refractivity contribution in [3.63, 3.8) is 0 Å². The van der Waals surface area contributed by atoms with Crippen LogP contribution in [0.2, 0.25) is 0 Å². The van der Waals surface area contributed by atoms with Crippen LogP contribution < -0.4 is 9.64 Å². The Morgan fingerprint density at radius 2 is 1.64 bits per heavy atom. The smallest absolute Gasteiger partial charge is 0.266 e. The molecule has 5 rings (SSSR count). The molecule has 180 valence electrons. The van der Waals surface area contributed by atoms with Crippen molar-refractivity contribution in [2.75, 3.05) is 18.6 Å². The summed E-state index contributed by atoms with van der Waals surface area (Å²) in [4.78, 5) is 41.9. The van der Waals surface area contributed by atoms with E-state index < -0.39 is 11.8 Å². The zero-order valence-electron chi connectivity index (χ0n) is 19.9. The maximum Gasteiger partial charge on any atom is 0.266 e. The summed E-state index contributed by atoms with van der Waals surface area (Å²) in [6.07, 6.45) is 3.59. The number of ether oxygens (including phenoxy) is 1. The van der Waals surface area contributed by atoms with Crippen molar-refractivity contribution in [2.24, 2.45) is 0 Å². The molecule has 8 nitrogen and oxygen atoms in total. The summed E-state index contributed by atoms with van der Waals surface area (Å²) in [5, 5.41) is 4.37. The van der Waals surface area contributed by atoms with E-state index in [0.29, 0.717) is 30.2 Å². The van der Waals surface area contributed by atoms with Crippen LogP contribution in [0.15, 0.2) is 85.2 Å². The molecule has 0 saturated heterocycles. The largest absolute Gasteiger partial charge is 0.494 e. The summed E-state index contributed by atoms with van der Waals surface area (Å²) < 4.78 is 7.19. The molecule has 0 spiro atoms. The Morgan fingerprint density at radius 1 is 0.917 bits per heavy atom. The van der Waals surface area contributed by atoms with Crippen LogP contribution in [0.1, 0.15) is 43.6 Å². The molecule has 0 saturated carbocycles. The van der Waals surface area contributed by atoms with Crippen LogP contribution in [-0.2, 0) is 6.54 Å². The fourth-order valence-electron chi connectivity index (χ4n) is 4.20. The molecule has 0 bridgehead atoms. The summed E-state index contributed by atoms with van der Waals surface area (Å²) >= 11 is 0. The van der Waals surface area contributed by atoms with Crippen LogP contribution in [0.5, 0.6) is 5.75 Å². The van der Waals surface area contributed by atoms with Crippen LogP contribution in [0, 0.1) is 0 Å². The number of aromatic nitrogens is 2. The van der Waals surface area contributed by atoms with Gasteiger partial charge < -0.3 is 9.64 Å². The third-order valence-corrected chi connectivity index (χ3v) is 5.96. The van der Waals surface area contributed by atoms with E-state index in [9.17, 15) is 14.4 Å². The molecule has 1 aromatic heterocycles. The second-order valence-corrected chi connectivity index (χ2v) is 8.42. The number of anilines is 1. The number of para-hydroxylation sites is 1. The van der Waals surface area contributed by atoms with Gasteiger partial charge in [0.05, 0.1) is 35.3 Å². The van der Waals surface area contributed by atoms with Gasteiger partial charge in [-0.05, 0) is 61.5 Å².